The third kappa shape index (κ3) is 6.81. The first-order valence-corrected chi connectivity index (χ1v) is 9.42. The van der Waals surface area contributed by atoms with Gasteiger partial charge < -0.3 is 15.2 Å². The lowest BCUT2D eigenvalue weighted by Crippen LogP contribution is -2.40. The lowest BCUT2D eigenvalue weighted by molar-refractivity contribution is -0.139. The largest absolute Gasteiger partial charge is 0.480 e. The van der Waals surface area contributed by atoms with Crippen molar-refractivity contribution in [2.24, 2.45) is 0 Å². The number of carbonyl (C=O) groups is 2. The molecule has 1 aromatic carbocycles. The zero-order valence-electron chi connectivity index (χ0n) is 14.3. The van der Waals surface area contributed by atoms with Crippen LogP contribution in [-0.4, -0.2) is 51.7 Å². The van der Waals surface area contributed by atoms with E-state index in [9.17, 15) is 18.0 Å². The van der Waals surface area contributed by atoms with Gasteiger partial charge in [0.05, 0.1) is 11.5 Å². The average molecular weight is 372 g/mol. The van der Waals surface area contributed by atoms with Crippen molar-refractivity contribution in [2.45, 2.75) is 37.1 Å². The minimum absolute atomic E-state index is 0.0147. The zero-order valence-corrected chi connectivity index (χ0v) is 15.1. The molecule has 0 saturated heterocycles. The maximum absolute atomic E-state index is 12.1. The topological polar surface area (TPSA) is 122 Å². The molecular weight excluding hydrogens is 348 g/mol. The van der Waals surface area contributed by atoms with Crippen molar-refractivity contribution in [1.82, 2.24) is 10.0 Å². The van der Waals surface area contributed by atoms with Crippen LogP contribution in [0.15, 0.2) is 29.2 Å². The number of nitrogens with one attached hydrogen (secondary N) is 2. The monoisotopic (exact) mass is 372 g/mol. The van der Waals surface area contributed by atoms with Gasteiger partial charge in [-0.3, -0.25) is 4.79 Å². The number of hydrogen-bond donors (Lipinski definition) is 3. The van der Waals surface area contributed by atoms with Crippen molar-refractivity contribution < 1.29 is 27.9 Å². The number of sulfonamides is 1. The minimum Gasteiger partial charge on any atom is -0.480 e. The highest BCUT2D eigenvalue weighted by Gasteiger charge is 2.20. The number of carbonyl (C=O) groups excluding carboxylic acids is 1. The van der Waals surface area contributed by atoms with Crippen LogP contribution in [0.3, 0.4) is 0 Å². The van der Waals surface area contributed by atoms with E-state index in [1.54, 1.807) is 0 Å². The first-order chi connectivity index (χ1) is 11.8. The highest BCUT2D eigenvalue weighted by molar-refractivity contribution is 7.89. The quantitative estimate of drug-likeness (QED) is 0.498. The maximum atomic E-state index is 12.1. The molecule has 0 unspecified atom stereocenters. The third-order valence-electron chi connectivity index (χ3n) is 3.47. The number of hydrogen-bond acceptors (Lipinski definition) is 5. The van der Waals surface area contributed by atoms with Crippen LogP contribution >= 0.6 is 0 Å². The third-order valence-corrected chi connectivity index (χ3v) is 4.95. The fourth-order valence-electron chi connectivity index (χ4n) is 2.05. The molecule has 9 heteroatoms. The summed E-state index contributed by atoms with van der Waals surface area (Å²) in [6, 6.07) is 4.32. The van der Waals surface area contributed by atoms with Crippen molar-refractivity contribution >= 4 is 21.9 Å². The van der Waals surface area contributed by atoms with E-state index in [1.807, 2.05) is 6.92 Å². The molecule has 0 aromatic heterocycles. The molecule has 0 aliphatic heterocycles. The Morgan fingerprint density at radius 1 is 1.24 bits per heavy atom. The number of methoxy groups -OCH3 is 1. The van der Waals surface area contributed by atoms with Gasteiger partial charge in [-0.2, -0.15) is 0 Å². The van der Waals surface area contributed by atoms with Crippen LogP contribution in [0.1, 0.15) is 36.5 Å². The van der Waals surface area contributed by atoms with Gasteiger partial charge in [-0.05, 0) is 30.7 Å². The molecule has 8 nitrogen and oxygen atoms in total. The Morgan fingerprint density at radius 3 is 2.40 bits per heavy atom. The van der Waals surface area contributed by atoms with Gasteiger partial charge in [0.2, 0.25) is 10.0 Å². The van der Waals surface area contributed by atoms with E-state index in [-0.39, 0.29) is 23.6 Å². The van der Waals surface area contributed by atoms with Crippen molar-refractivity contribution in [3.63, 3.8) is 0 Å². The molecule has 0 heterocycles. The molecule has 0 radical (unpaired) electrons. The van der Waals surface area contributed by atoms with E-state index >= 15 is 0 Å². The molecular formula is C16H24N2O6S. The van der Waals surface area contributed by atoms with Gasteiger partial charge in [-0.1, -0.05) is 19.8 Å². The fraction of sp³-hybridized carbons (Fsp3) is 0.500. The summed E-state index contributed by atoms with van der Waals surface area (Å²) in [5.41, 5.74) is 0.193. The normalized spacial score (nSPS) is 12.6. The lowest BCUT2D eigenvalue weighted by atomic mass is 10.1. The minimum atomic E-state index is -3.68. The van der Waals surface area contributed by atoms with Crippen LogP contribution in [-0.2, 0) is 19.6 Å². The molecule has 3 N–H and O–H groups in total. The second kappa shape index (κ2) is 10.1. The van der Waals surface area contributed by atoms with E-state index < -0.39 is 27.9 Å². The van der Waals surface area contributed by atoms with Gasteiger partial charge in [-0.25, -0.2) is 17.9 Å². The van der Waals surface area contributed by atoms with Gasteiger partial charge >= 0.3 is 5.97 Å². The van der Waals surface area contributed by atoms with Crippen LogP contribution in [0.2, 0.25) is 0 Å². The summed E-state index contributed by atoms with van der Waals surface area (Å²) < 4.78 is 31.2. The molecule has 0 fully saturated rings. The Balaban J connectivity index is 2.77. The standard InChI is InChI=1S/C16H24N2O6S/c1-3-4-5-14(16(20)21)18-15(19)12-6-8-13(9-7-12)25(22,23)17-10-11-24-2/h6-9,14,17H,3-5,10-11H2,1-2H3,(H,18,19)(H,20,21)/t14-/m0/s1. The van der Waals surface area contributed by atoms with E-state index in [1.165, 1.54) is 31.4 Å². The smallest absolute Gasteiger partial charge is 0.326 e. The van der Waals surface area contributed by atoms with Crippen LogP contribution in [0.5, 0.6) is 0 Å². The van der Waals surface area contributed by atoms with Crippen molar-refractivity contribution in [3.05, 3.63) is 29.8 Å². The Labute approximate surface area is 147 Å². The number of rotatable bonds is 11. The average Bonchev–Trinajstić information content (AvgIpc) is 2.58. The molecule has 1 aromatic rings. The molecule has 0 bridgehead atoms. The number of ether oxygens (including phenoxy) is 1. The molecule has 140 valence electrons. The first-order valence-electron chi connectivity index (χ1n) is 7.94. The van der Waals surface area contributed by atoms with E-state index in [4.69, 9.17) is 9.84 Å². The van der Waals surface area contributed by atoms with Gasteiger partial charge in [0, 0.05) is 19.2 Å². The summed E-state index contributed by atoms with van der Waals surface area (Å²) in [6.45, 7) is 2.31. The molecule has 25 heavy (non-hydrogen) atoms. The van der Waals surface area contributed by atoms with Crippen LogP contribution in [0, 0.1) is 0 Å². The molecule has 0 spiro atoms. The van der Waals surface area contributed by atoms with Gasteiger partial charge in [0.15, 0.2) is 0 Å². The molecule has 1 amide bonds. The molecule has 0 aliphatic rings. The second-order valence-electron chi connectivity index (χ2n) is 5.42. The van der Waals surface area contributed by atoms with Crippen LogP contribution in [0.25, 0.3) is 0 Å². The Bertz CT molecular complexity index is 672. The maximum Gasteiger partial charge on any atom is 0.326 e. The SMILES string of the molecule is CCCC[C@H](NC(=O)c1ccc(S(=O)(=O)NCCOC)cc1)C(=O)O. The van der Waals surface area contributed by atoms with E-state index in [0.29, 0.717) is 12.8 Å². The van der Waals surface area contributed by atoms with Crippen molar-refractivity contribution in [3.8, 4) is 0 Å². The van der Waals surface area contributed by atoms with Crippen LogP contribution < -0.4 is 10.0 Å². The highest BCUT2D eigenvalue weighted by atomic mass is 32.2. The number of carboxylic acid groups (broad SMARTS) is 1. The van der Waals surface area contributed by atoms with Gasteiger partial charge in [0.1, 0.15) is 6.04 Å². The second-order valence-corrected chi connectivity index (χ2v) is 7.19. The Morgan fingerprint density at radius 2 is 1.88 bits per heavy atom. The number of benzene rings is 1. The predicted octanol–water partition coefficient (Wildman–Crippen LogP) is 0.984. The summed E-state index contributed by atoms with van der Waals surface area (Å²) in [5.74, 6) is -1.65. The molecule has 1 rings (SSSR count). The summed E-state index contributed by atoms with van der Waals surface area (Å²) in [6.07, 6.45) is 1.84. The van der Waals surface area contributed by atoms with E-state index in [2.05, 4.69) is 10.0 Å². The first kappa shape index (κ1) is 21.1. The molecule has 0 aliphatic carbocycles. The molecule has 0 saturated carbocycles. The number of unbranched alkanes of at least 4 members (excludes halogenated alkanes) is 1. The summed E-state index contributed by atoms with van der Waals surface area (Å²) in [4.78, 5) is 23.3. The van der Waals surface area contributed by atoms with Gasteiger partial charge in [-0.15, -0.1) is 0 Å². The Hall–Kier alpha value is -1.97. The fourth-order valence-corrected chi connectivity index (χ4v) is 3.07. The van der Waals surface area contributed by atoms with Crippen molar-refractivity contribution in [1.29, 1.82) is 0 Å². The Kier molecular flexibility index (Phi) is 8.53. The zero-order chi connectivity index (χ0) is 18.9. The lowest BCUT2D eigenvalue weighted by Gasteiger charge is -2.14. The van der Waals surface area contributed by atoms with E-state index in [0.717, 1.165) is 6.42 Å². The van der Waals surface area contributed by atoms with Crippen LogP contribution in [0.4, 0.5) is 0 Å². The highest BCUT2D eigenvalue weighted by Crippen LogP contribution is 2.11. The van der Waals surface area contributed by atoms with Crippen molar-refractivity contribution in [2.75, 3.05) is 20.3 Å². The summed E-state index contributed by atoms with van der Waals surface area (Å²) >= 11 is 0. The molecule has 1 atom stereocenters. The number of aliphatic carboxylic acids is 1. The number of carboxylic acids is 1. The summed E-state index contributed by atoms with van der Waals surface area (Å²) in [7, 11) is -2.21. The predicted molar refractivity (Wildman–Crippen MR) is 91.9 cm³/mol. The van der Waals surface area contributed by atoms with Gasteiger partial charge in [0.25, 0.3) is 5.91 Å². The number of amides is 1. The summed E-state index contributed by atoms with van der Waals surface area (Å²) in [5, 5.41) is 11.6.